The lowest BCUT2D eigenvalue weighted by atomic mass is 10.0. The number of hydrogen-bond donors (Lipinski definition) is 0. The van der Waals surface area contributed by atoms with E-state index in [1.807, 2.05) is 0 Å². The number of rotatable bonds is 2. The van der Waals surface area contributed by atoms with E-state index in [1.54, 1.807) is 18.5 Å². The Hall–Kier alpha value is -0.720. The molecule has 1 aromatic rings. The standard InChI is InChI=1S/C10H15N3O2S.ClH/c1-16(14,15)13-8-3-2-5-9(13)10-11-6-4-7-12-10;/h4,6-7,9H,2-3,5,8H2,1H3;1H. The lowest BCUT2D eigenvalue weighted by Gasteiger charge is -2.32. The van der Waals surface area contributed by atoms with E-state index in [9.17, 15) is 8.42 Å². The summed E-state index contributed by atoms with van der Waals surface area (Å²) in [4.78, 5) is 8.30. The van der Waals surface area contributed by atoms with Crippen molar-refractivity contribution in [2.75, 3.05) is 12.8 Å². The van der Waals surface area contributed by atoms with Gasteiger partial charge in [0.05, 0.1) is 12.3 Å². The lowest BCUT2D eigenvalue weighted by Crippen LogP contribution is -2.38. The largest absolute Gasteiger partial charge is 0.240 e. The highest BCUT2D eigenvalue weighted by atomic mass is 35.5. The Morgan fingerprint density at radius 3 is 2.53 bits per heavy atom. The molecule has 17 heavy (non-hydrogen) atoms. The van der Waals surface area contributed by atoms with Crippen molar-refractivity contribution >= 4 is 22.4 Å². The Labute approximate surface area is 108 Å². The average Bonchev–Trinajstić information content (AvgIpc) is 2.29. The van der Waals surface area contributed by atoms with Crippen LogP contribution in [0.2, 0.25) is 0 Å². The van der Waals surface area contributed by atoms with E-state index in [2.05, 4.69) is 9.97 Å². The summed E-state index contributed by atoms with van der Waals surface area (Å²) >= 11 is 0. The van der Waals surface area contributed by atoms with E-state index in [4.69, 9.17) is 0 Å². The number of nitrogens with zero attached hydrogens (tertiary/aromatic N) is 3. The minimum atomic E-state index is -3.17. The molecule has 1 aromatic heterocycles. The molecular weight excluding hydrogens is 262 g/mol. The molecule has 0 spiro atoms. The van der Waals surface area contributed by atoms with Gasteiger partial charge in [-0.25, -0.2) is 18.4 Å². The van der Waals surface area contributed by atoms with E-state index >= 15 is 0 Å². The summed E-state index contributed by atoms with van der Waals surface area (Å²) in [5, 5.41) is 0. The molecule has 2 heterocycles. The molecule has 0 saturated carbocycles. The van der Waals surface area contributed by atoms with Gasteiger partial charge in [-0.2, -0.15) is 4.31 Å². The highest BCUT2D eigenvalue weighted by Crippen LogP contribution is 2.30. The fourth-order valence-corrected chi connectivity index (χ4v) is 3.17. The SMILES string of the molecule is CS(=O)(=O)N1CCCCC1c1ncccn1.Cl. The summed E-state index contributed by atoms with van der Waals surface area (Å²) in [6.07, 6.45) is 7.28. The summed E-state index contributed by atoms with van der Waals surface area (Å²) < 4.78 is 24.8. The second kappa shape index (κ2) is 5.75. The van der Waals surface area contributed by atoms with Crippen LogP contribution in [0.3, 0.4) is 0 Å². The fraction of sp³-hybridized carbons (Fsp3) is 0.600. The van der Waals surface area contributed by atoms with Crippen molar-refractivity contribution in [3.05, 3.63) is 24.3 Å². The van der Waals surface area contributed by atoms with Crippen LogP contribution in [-0.2, 0) is 10.0 Å². The molecule has 7 heteroatoms. The fourth-order valence-electron chi connectivity index (χ4n) is 2.04. The van der Waals surface area contributed by atoms with Gasteiger partial charge in [0.15, 0.2) is 0 Å². The molecule has 0 N–H and O–H groups in total. The molecule has 1 fully saturated rings. The van der Waals surface area contributed by atoms with Crippen molar-refractivity contribution in [3.8, 4) is 0 Å². The quantitative estimate of drug-likeness (QED) is 0.819. The smallest absolute Gasteiger partial charge is 0.211 e. The van der Waals surface area contributed by atoms with Gasteiger partial charge in [0, 0.05) is 18.9 Å². The van der Waals surface area contributed by atoms with E-state index < -0.39 is 10.0 Å². The van der Waals surface area contributed by atoms with E-state index in [-0.39, 0.29) is 18.4 Å². The highest BCUT2D eigenvalue weighted by molar-refractivity contribution is 7.88. The Balaban J connectivity index is 0.00000144. The van der Waals surface area contributed by atoms with Crippen LogP contribution in [0.15, 0.2) is 18.5 Å². The first kappa shape index (κ1) is 14.3. The Morgan fingerprint density at radius 1 is 1.29 bits per heavy atom. The highest BCUT2D eigenvalue weighted by Gasteiger charge is 2.31. The summed E-state index contributed by atoms with van der Waals surface area (Å²) in [5.41, 5.74) is 0. The Morgan fingerprint density at radius 2 is 1.94 bits per heavy atom. The summed E-state index contributed by atoms with van der Waals surface area (Å²) in [5.74, 6) is 0.604. The van der Waals surface area contributed by atoms with Gasteiger partial charge in [0.1, 0.15) is 5.82 Å². The molecule has 1 unspecified atom stereocenters. The first-order valence-corrected chi connectivity index (χ1v) is 7.17. The topological polar surface area (TPSA) is 63.2 Å². The Kier molecular flexibility index (Phi) is 4.85. The number of halogens is 1. The summed E-state index contributed by atoms with van der Waals surface area (Å²) in [7, 11) is -3.17. The van der Waals surface area contributed by atoms with Crippen LogP contribution in [0.25, 0.3) is 0 Å². The number of piperidine rings is 1. The third-order valence-corrected chi connectivity index (χ3v) is 4.05. The number of sulfonamides is 1. The molecule has 96 valence electrons. The van der Waals surface area contributed by atoms with E-state index in [1.165, 1.54) is 10.6 Å². The van der Waals surface area contributed by atoms with Gasteiger partial charge in [0.25, 0.3) is 0 Å². The maximum absolute atomic E-state index is 11.6. The lowest BCUT2D eigenvalue weighted by molar-refractivity contribution is 0.248. The van der Waals surface area contributed by atoms with Crippen molar-refractivity contribution in [2.24, 2.45) is 0 Å². The van der Waals surface area contributed by atoms with Gasteiger partial charge in [-0.1, -0.05) is 6.42 Å². The van der Waals surface area contributed by atoms with Crippen LogP contribution in [0.5, 0.6) is 0 Å². The third kappa shape index (κ3) is 3.37. The molecule has 2 rings (SSSR count). The maximum atomic E-state index is 11.6. The van der Waals surface area contributed by atoms with Crippen molar-refractivity contribution < 1.29 is 8.42 Å². The van der Waals surface area contributed by atoms with E-state index in [0.29, 0.717) is 12.4 Å². The van der Waals surface area contributed by atoms with Crippen LogP contribution < -0.4 is 0 Å². The number of hydrogen-bond acceptors (Lipinski definition) is 4. The summed E-state index contributed by atoms with van der Waals surface area (Å²) in [6, 6.07) is 1.54. The van der Waals surface area contributed by atoms with Crippen LogP contribution in [0, 0.1) is 0 Å². The van der Waals surface area contributed by atoms with Crippen LogP contribution >= 0.6 is 12.4 Å². The minimum Gasteiger partial charge on any atom is -0.240 e. The molecule has 0 amide bonds. The van der Waals surface area contributed by atoms with Crippen molar-refractivity contribution in [2.45, 2.75) is 25.3 Å². The zero-order valence-electron chi connectivity index (χ0n) is 9.61. The first-order valence-electron chi connectivity index (χ1n) is 5.33. The third-order valence-electron chi connectivity index (χ3n) is 2.76. The van der Waals surface area contributed by atoms with Gasteiger partial charge in [-0.3, -0.25) is 0 Å². The average molecular weight is 278 g/mol. The second-order valence-corrected chi connectivity index (χ2v) is 5.93. The van der Waals surface area contributed by atoms with Crippen molar-refractivity contribution in [1.29, 1.82) is 0 Å². The van der Waals surface area contributed by atoms with Gasteiger partial charge < -0.3 is 0 Å². The molecule has 0 bridgehead atoms. The van der Waals surface area contributed by atoms with Crippen molar-refractivity contribution in [1.82, 2.24) is 14.3 Å². The molecule has 5 nitrogen and oxygen atoms in total. The molecule has 1 aliphatic heterocycles. The molecule has 1 aliphatic rings. The zero-order chi connectivity index (χ0) is 11.6. The monoisotopic (exact) mass is 277 g/mol. The molecule has 0 radical (unpaired) electrons. The van der Waals surface area contributed by atoms with Gasteiger partial charge >= 0.3 is 0 Å². The summed E-state index contributed by atoms with van der Waals surface area (Å²) in [6.45, 7) is 0.571. The second-order valence-electron chi connectivity index (χ2n) is 3.99. The first-order chi connectivity index (χ1) is 7.59. The Bertz CT molecular complexity index is 452. The molecular formula is C10H16ClN3O2S. The van der Waals surface area contributed by atoms with Crippen molar-refractivity contribution in [3.63, 3.8) is 0 Å². The predicted octanol–water partition coefficient (Wildman–Crippen LogP) is 1.39. The van der Waals surface area contributed by atoms with Crippen LogP contribution in [0.4, 0.5) is 0 Å². The van der Waals surface area contributed by atoms with Gasteiger partial charge in [-0.05, 0) is 18.9 Å². The number of aromatic nitrogens is 2. The van der Waals surface area contributed by atoms with Crippen LogP contribution in [0.1, 0.15) is 31.1 Å². The van der Waals surface area contributed by atoms with Gasteiger partial charge in [-0.15, -0.1) is 12.4 Å². The van der Waals surface area contributed by atoms with Gasteiger partial charge in [0.2, 0.25) is 10.0 Å². The maximum Gasteiger partial charge on any atom is 0.211 e. The van der Waals surface area contributed by atoms with E-state index in [0.717, 1.165) is 19.3 Å². The zero-order valence-corrected chi connectivity index (χ0v) is 11.2. The molecule has 1 saturated heterocycles. The molecule has 0 aliphatic carbocycles. The minimum absolute atomic E-state index is 0. The predicted molar refractivity (Wildman–Crippen MR) is 67.4 cm³/mol. The molecule has 0 aromatic carbocycles. The van der Waals surface area contributed by atoms with Crippen LogP contribution in [-0.4, -0.2) is 35.5 Å². The molecule has 1 atom stereocenters. The normalized spacial score (nSPS) is 21.8.